The number of carbonyl (C=O) groups excluding carboxylic acids is 2. The number of rotatable bonds is 5. The lowest BCUT2D eigenvalue weighted by Crippen LogP contribution is -2.30. The van der Waals surface area contributed by atoms with E-state index in [0.717, 1.165) is 23.5 Å². The molecule has 2 aromatic carbocycles. The quantitative estimate of drug-likeness (QED) is 0.530. The van der Waals surface area contributed by atoms with Crippen molar-refractivity contribution in [2.45, 2.75) is 26.1 Å². The van der Waals surface area contributed by atoms with Crippen molar-refractivity contribution in [2.75, 3.05) is 5.32 Å². The number of hydrogen-bond donors (Lipinski definition) is 1. The van der Waals surface area contributed by atoms with Crippen molar-refractivity contribution >= 4 is 28.9 Å². The van der Waals surface area contributed by atoms with Gasteiger partial charge >= 0.3 is 12.1 Å². The SMILES string of the molecule is Cc1nc(-c2ccc(C(F)(F)F)cc2)sc1C(=O)OC(C)C(=O)Nc1ccccc1C#N. The number of alkyl halides is 3. The summed E-state index contributed by atoms with van der Waals surface area (Å²) < 4.78 is 43.4. The average Bonchev–Trinajstić information content (AvgIpc) is 3.15. The molecular weight excluding hydrogens is 443 g/mol. The van der Waals surface area contributed by atoms with Gasteiger partial charge in [-0.15, -0.1) is 11.3 Å². The van der Waals surface area contributed by atoms with Crippen LogP contribution < -0.4 is 5.32 Å². The minimum absolute atomic E-state index is 0.136. The van der Waals surface area contributed by atoms with Gasteiger partial charge in [0.15, 0.2) is 6.10 Å². The number of nitrogens with zero attached hydrogens (tertiary/aromatic N) is 2. The molecular formula is C22H16F3N3O3S. The summed E-state index contributed by atoms with van der Waals surface area (Å²) in [5.74, 6) is -1.40. The van der Waals surface area contributed by atoms with Gasteiger partial charge in [-0.05, 0) is 38.1 Å². The van der Waals surface area contributed by atoms with E-state index >= 15 is 0 Å². The second kappa shape index (κ2) is 9.20. The molecule has 1 unspecified atom stereocenters. The maximum Gasteiger partial charge on any atom is 0.416 e. The van der Waals surface area contributed by atoms with E-state index in [0.29, 0.717) is 22.0 Å². The molecule has 0 radical (unpaired) electrons. The van der Waals surface area contributed by atoms with E-state index in [1.807, 2.05) is 6.07 Å². The largest absolute Gasteiger partial charge is 0.448 e. The van der Waals surface area contributed by atoms with Crippen LogP contribution in [0.2, 0.25) is 0 Å². The summed E-state index contributed by atoms with van der Waals surface area (Å²) in [7, 11) is 0. The Morgan fingerprint density at radius 2 is 1.81 bits per heavy atom. The fraction of sp³-hybridized carbons (Fsp3) is 0.182. The minimum Gasteiger partial charge on any atom is -0.448 e. The zero-order valence-electron chi connectivity index (χ0n) is 16.9. The van der Waals surface area contributed by atoms with E-state index in [1.54, 1.807) is 25.1 Å². The van der Waals surface area contributed by atoms with Crippen molar-refractivity contribution in [3.63, 3.8) is 0 Å². The van der Waals surface area contributed by atoms with E-state index in [4.69, 9.17) is 10.00 Å². The number of amides is 1. The van der Waals surface area contributed by atoms with Crippen LogP contribution >= 0.6 is 11.3 Å². The number of nitriles is 1. The van der Waals surface area contributed by atoms with Gasteiger partial charge in [0.1, 0.15) is 16.0 Å². The molecule has 0 aliphatic rings. The van der Waals surface area contributed by atoms with Crippen LogP contribution in [-0.2, 0) is 15.7 Å². The van der Waals surface area contributed by atoms with Crippen molar-refractivity contribution in [1.29, 1.82) is 5.26 Å². The third-order valence-electron chi connectivity index (χ3n) is 4.40. The number of aromatic nitrogens is 1. The van der Waals surface area contributed by atoms with Gasteiger partial charge in [-0.25, -0.2) is 9.78 Å². The highest BCUT2D eigenvalue weighted by Crippen LogP contribution is 2.33. The number of nitrogens with one attached hydrogen (secondary N) is 1. The highest BCUT2D eigenvalue weighted by Gasteiger charge is 2.30. The highest BCUT2D eigenvalue weighted by molar-refractivity contribution is 7.17. The number of benzene rings is 2. The summed E-state index contributed by atoms with van der Waals surface area (Å²) in [6.07, 6.45) is -5.61. The molecule has 0 saturated carbocycles. The first-order valence-electron chi connectivity index (χ1n) is 9.26. The van der Waals surface area contributed by atoms with Crippen LogP contribution in [-0.4, -0.2) is 23.0 Å². The number of halogens is 3. The van der Waals surface area contributed by atoms with Crippen LogP contribution in [0, 0.1) is 18.3 Å². The number of carbonyl (C=O) groups is 2. The second-order valence-electron chi connectivity index (χ2n) is 6.70. The topological polar surface area (TPSA) is 92.1 Å². The first kappa shape index (κ1) is 23.0. The molecule has 32 heavy (non-hydrogen) atoms. The Morgan fingerprint density at radius 3 is 2.44 bits per heavy atom. The van der Waals surface area contributed by atoms with Gasteiger partial charge in [0.2, 0.25) is 0 Å². The van der Waals surface area contributed by atoms with Crippen molar-refractivity contribution in [3.05, 3.63) is 70.2 Å². The average molecular weight is 459 g/mol. The zero-order chi connectivity index (χ0) is 23.5. The number of thiazole rings is 1. The van der Waals surface area contributed by atoms with E-state index in [-0.39, 0.29) is 10.4 Å². The Labute approximate surface area is 185 Å². The molecule has 0 fully saturated rings. The van der Waals surface area contributed by atoms with Gasteiger partial charge < -0.3 is 10.1 Å². The van der Waals surface area contributed by atoms with E-state index in [2.05, 4.69) is 10.3 Å². The van der Waals surface area contributed by atoms with Gasteiger partial charge in [0.25, 0.3) is 5.91 Å². The number of hydrogen-bond acceptors (Lipinski definition) is 6. The summed E-state index contributed by atoms with van der Waals surface area (Å²) in [4.78, 5) is 29.3. The Bertz CT molecular complexity index is 1200. The molecule has 1 N–H and O–H groups in total. The van der Waals surface area contributed by atoms with Crippen LogP contribution in [0.5, 0.6) is 0 Å². The fourth-order valence-electron chi connectivity index (χ4n) is 2.70. The molecule has 0 aliphatic carbocycles. The molecule has 3 rings (SSSR count). The monoisotopic (exact) mass is 459 g/mol. The Morgan fingerprint density at radius 1 is 1.16 bits per heavy atom. The van der Waals surface area contributed by atoms with Gasteiger partial charge in [0, 0.05) is 5.56 Å². The molecule has 1 aromatic heterocycles. The molecule has 0 spiro atoms. The number of para-hydroxylation sites is 1. The van der Waals surface area contributed by atoms with Crippen molar-refractivity contribution in [2.24, 2.45) is 0 Å². The normalized spacial score (nSPS) is 12.0. The molecule has 3 aromatic rings. The van der Waals surface area contributed by atoms with Gasteiger partial charge in [0.05, 0.1) is 22.5 Å². The Kier molecular flexibility index (Phi) is 6.60. The summed E-state index contributed by atoms with van der Waals surface area (Å²) >= 11 is 0.956. The van der Waals surface area contributed by atoms with Crippen molar-refractivity contribution in [3.8, 4) is 16.6 Å². The fourth-order valence-corrected chi connectivity index (χ4v) is 3.66. The predicted molar refractivity (Wildman–Crippen MR) is 112 cm³/mol. The lowest BCUT2D eigenvalue weighted by molar-refractivity contribution is -0.137. The van der Waals surface area contributed by atoms with Crippen molar-refractivity contribution < 1.29 is 27.5 Å². The highest BCUT2D eigenvalue weighted by atomic mass is 32.1. The summed E-state index contributed by atoms with van der Waals surface area (Å²) in [6, 6.07) is 12.8. The molecule has 164 valence electrons. The summed E-state index contributed by atoms with van der Waals surface area (Å²) in [5, 5.41) is 12.0. The van der Waals surface area contributed by atoms with E-state index in [1.165, 1.54) is 25.1 Å². The molecule has 1 heterocycles. The smallest absolute Gasteiger partial charge is 0.416 e. The zero-order valence-corrected chi connectivity index (χ0v) is 17.7. The molecule has 0 bridgehead atoms. The number of esters is 1. The van der Waals surface area contributed by atoms with Crippen LogP contribution in [0.15, 0.2) is 48.5 Å². The third kappa shape index (κ3) is 5.12. The number of ether oxygens (including phenoxy) is 1. The van der Waals surface area contributed by atoms with Crippen LogP contribution in [0.4, 0.5) is 18.9 Å². The van der Waals surface area contributed by atoms with Crippen LogP contribution in [0.1, 0.15) is 33.4 Å². The van der Waals surface area contributed by atoms with E-state index < -0.39 is 29.7 Å². The molecule has 0 saturated heterocycles. The molecule has 6 nitrogen and oxygen atoms in total. The van der Waals surface area contributed by atoms with Gasteiger partial charge in [-0.2, -0.15) is 18.4 Å². The molecule has 10 heteroatoms. The Hall–Kier alpha value is -3.71. The van der Waals surface area contributed by atoms with Gasteiger partial charge in [-0.3, -0.25) is 4.79 Å². The number of anilines is 1. The van der Waals surface area contributed by atoms with Crippen molar-refractivity contribution in [1.82, 2.24) is 4.98 Å². The van der Waals surface area contributed by atoms with Crippen LogP contribution in [0.25, 0.3) is 10.6 Å². The lowest BCUT2D eigenvalue weighted by Gasteiger charge is -2.13. The standard InChI is InChI=1S/C22H16F3N3O3S/c1-12-18(32-20(27-12)14-7-9-16(10-8-14)22(23,24)25)21(30)31-13(2)19(29)28-17-6-4-3-5-15(17)11-26/h3-10,13H,1-2H3,(H,28,29). The molecule has 1 amide bonds. The molecule has 1 atom stereocenters. The second-order valence-corrected chi connectivity index (χ2v) is 7.70. The Balaban J connectivity index is 1.71. The maximum atomic E-state index is 12.7. The summed E-state index contributed by atoms with van der Waals surface area (Å²) in [6.45, 7) is 2.95. The summed E-state index contributed by atoms with van der Waals surface area (Å²) in [5.41, 5.74) is 0.522. The maximum absolute atomic E-state index is 12.7. The molecule has 0 aliphatic heterocycles. The number of aryl methyl sites for hydroxylation is 1. The first-order valence-corrected chi connectivity index (χ1v) is 10.1. The first-order chi connectivity index (χ1) is 15.1. The van der Waals surface area contributed by atoms with Gasteiger partial charge in [-0.1, -0.05) is 24.3 Å². The minimum atomic E-state index is -4.45. The third-order valence-corrected chi connectivity index (χ3v) is 5.59. The lowest BCUT2D eigenvalue weighted by atomic mass is 10.1. The van der Waals surface area contributed by atoms with Crippen LogP contribution in [0.3, 0.4) is 0 Å². The van der Waals surface area contributed by atoms with E-state index in [9.17, 15) is 22.8 Å². The predicted octanol–water partition coefficient (Wildman–Crippen LogP) is 5.19.